The summed E-state index contributed by atoms with van der Waals surface area (Å²) in [6, 6.07) is 13.0. The Bertz CT molecular complexity index is 1360. The van der Waals surface area contributed by atoms with E-state index in [-0.39, 0.29) is 11.5 Å². The molecular formula is C22H22N4O3S2. The smallest absolute Gasteiger partial charge is 0.262 e. The van der Waals surface area contributed by atoms with Crippen molar-refractivity contribution in [2.24, 2.45) is 0 Å². The van der Waals surface area contributed by atoms with Gasteiger partial charge in [0, 0.05) is 13.0 Å². The van der Waals surface area contributed by atoms with Crippen LogP contribution in [-0.4, -0.2) is 27.6 Å². The van der Waals surface area contributed by atoms with Crippen LogP contribution < -0.4 is 15.6 Å². The zero-order valence-corrected chi connectivity index (χ0v) is 18.6. The van der Waals surface area contributed by atoms with E-state index in [0.717, 1.165) is 40.7 Å². The lowest BCUT2D eigenvalue weighted by Crippen LogP contribution is -2.22. The maximum absolute atomic E-state index is 12.6. The fourth-order valence-corrected chi connectivity index (χ4v) is 4.60. The topological polar surface area (TPSA) is 89.0 Å². The molecule has 9 heteroatoms. The second-order valence-electron chi connectivity index (χ2n) is 7.14. The van der Waals surface area contributed by atoms with Crippen LogP contribution >= 0.6 is 23.6 Å². The average molecular weight is 455 g/mol. The third-order valence-electron chi connectivity index (χ3n) is 5.02. The predicted molar refractivity (Wildman–Crippen MR) is 127 cm³/mol. The van der Waals surface area contributed by atoms with E-state index >= 15 is 0 Å². The van der Waals surface area contributed by atoms with Gasteiger partial charge in [-0.05, 0) is 55.4 Å². The molecule has 0 spiro atoms. The molecule has 0 aliphatic heterocycles. The third-order valence-corrected chi connectivity index (χ3v) is 6.27. The van der Waals surface area contributed by atoms with Crippen LogP contribution in [-0.2, 0) is 11.3 Å². The number of nitrogens with zero attached hydrogens (tertiary/aromatic N) is 2. The van der Waals surface area contributed by atoms with E-state index in [2.05, 4.69) is 15.3 Å². The Morgan fingerprint density at radius 3 is 2.90 bits per heavy atom. The maximum Gasteiger partial charge on any atom is 0.262 e. The van der Waals surface area contributed by atoms with Gasteiger partial charge in [0.1, 0.15) is 5.75 Å². The van der Waals surface area contributed by atoms with E-state index in [1.165, 1.54) is 11.3 Å². The lowest BCUT2D eigenvalue weighted by molar-refractivity contribution is -0.116. The van der Waals surface area contributed by atoms with Crippen LogP contribution in [0.15, 0.2) is 47.3 Å². The molecule has 160 valence electrons. The summed E-state index contributed by atoms with van der Waals surface area (Å²) in [7, 11) is 1.62. The SMILES string of the molecule is COc1ccc2nc(NC(=O)CCCCCn3c(=S)[nH]c4ccccc4c3=O)sc2c1. The van der Waals surface area contributed by atoms with E-state index < -0.39 is 0 Å². The van der Waals surface area contributed by atoms with E-state index in [0.29, 0.717) is 28.3 Å². The molecule has 2 N–H and O–H groups in total. The quantitative estimate of drug-likeness (QED) is 0.293. The number of carbonyl (C=O) groups is 1. The number of amides is 1. The first-order valence-electron chi connectivity index (χ1n) is 10.0. The minimum atomic E-state index is -0.0791. The number of thiazole rings is 1. The number of fused-ring (bicyclic) bond motifs is 2. The second-order valence-corrected chi connectivity index (χ2v) is 8.56. The number of methoxy groups -OCH3 is 1. The number of carbonyl (C=O) groups excluding carboxylic acids is 1. The van der Waals surface area contributed by atoms with E-state index in [1.54, 1.807) is 17.7 Å². The van der Waals surface area contributed by atoms with E-state index in [9.17, 15) is 9.59 Å². The molecule has 31 heavy (non-hydrogen) atoms. The van der Waals surface area contributed by atoms with Crippen molar-refractivity contribution in [3.8, 4) is 5.75 Å². The molecule has 7 nitrogen and oxygen atoms in total. The number of hydrogen-bond donors (Lipinski definition) is 2. The third kappa shape index (κ3) is 4.83. The Labute approximate surface area is 187 Å². The number of anilines is 1. The van der Waals surface area contributed by atoms with Crippen molar-refractivity contribution < 1.29 is 9.53 Å². The minimum Gasteiger partial charge on any atom is -0.497 e. The van der Waals surface area contributed by atoms with Gasteiger partial charge in [-0.2, -0.15) is 0 Å². The number of unbranched alkanes of at least 4 members (excludes halogenated alkanes) is 2. The molecule has 0 saturated heterocycles. The zero-order valence-electron chi connectivity index (χ0n) is 17.0. The lowest BCUT2D eigenvalue weighted by Gasteiger charge is -2.08. The maximum atomic E-state index is 12.6. The molecule has 0 saturated carbocycles. The fraction of sp³-hybridized carbons (Fsp3) is 0.273. The van der Waals surface area contributed by atoms with Gasteiger partial charge in [-0.15, -0.1) is 0 Å². The first kappa shape index (κ1) is 21.2. The Balaban J connectivity index is 1.27. The highest BCUT2D eigenvalue weighted by Crippen LogP contribution is 2.29. The molecule has 0 unspecified atom stereocenters. The highest BCUT2D eigenvalue weighted by atomic mass is 32.1. The van der Waals surface area contributed by atoms with Crippen LogP contribution in [0.5, 0.6) is 5.75 Å². The van der Waals surface area contributed by atoms with Gasteiger partial charge in [0.2, 0.25) is 5.91 Å². The molecule has 0 fully saturated rings. The summed E-state index contributed by atoms with van der Waals surface area (Å²) in [5.74, 6) is 0.700. The Morgan fingerprint density at radius 2 is 2.06 bits per heavy atom. The van der Waals surface area contributed by atoms with Crippen LogP contribution in [0.1, 0.15) is 25.7 Å². The van der Waals surface area contributed by atoms with Crippen molar-refractivity contribution in [1.82, 2.24) is 14.5 Å². The van der Waals surface area contributed by atoms with Crippen LogP contribution in [0, 0.1) is 4.77 Å². The summed E-state index contributed by atoms with van der Waals surface area (Å²) >= 11 is 6.76. The van der Waals surface area contributed by atoms with Crippen LogP contribution in [0.3, 0.4) is 0 Å². The van der Waals surface area contributed by atoms with Gasteiger partial charge >= 0.3 is 0 Å². The number of para-hydroxylation sites is 1. The Morgan fingerprint density at radius 1 is 1.23 bits per heavy atom. The predicted octanol–water partition coefficient (Wildman–Crippen LogP) is 4.88. The number of aromatic amines is 1. The molecule has 0 bridgehead atoms. The van der Waals surface area contributed by atoms with Gasteiger partial charge in [0.25, 0.3) is 5.56 Å². The summed E-state index contributed by atoms with van der Waals surface area (Å²) in [4.78, 5) is 32.4. The summed E-state index contributed by atoms with van der Waals surface area (Å²) in [6.07, 6.45) is 2.71. The number of nitrogens with one attached hydrogen (secondary N) is 2. The monoisotopic (exact) mass is 454 g/mol. The molecule has 2 aromatic carbocycles. The largest absolute Gasteiger partial charge is 0.497 e. The summed E-state index contributed by atoms with van der Waals surface area (Å²) in [5.41, 5.74) is 1.50. The molecule has 4 aromatic rings. The number of rotatable bonds is 8. The molecule has 0 atom stereocenters. The Kier molecular flexibility index (Phi) is 6.43. The highest BCUT2D eigenvalue weighted by Gasteiger charge is 2.09. The van der Waals surface area contributed by atoms with E-state index in [4.69, 9.17) is 17.0 Å². The molecule has 4 rings (SSSR count). The van der Waals surface area contributed by atoms with Crippen LogP contribution in [0.25, 0.3) is 21.1 Å². The first-order chi connectivity index (χ1) is 15.0. The fourth-order valence-electron chi connectivity index (χ4n) is 3.40. The summed E-state index contributed by atoms with van der Waals surface area (Å²) in [6.45, 7) is 0.528. The van der Waals surface area contributed by atoms with Gasteiger partial charge in [-0.3, -0.25) is 14.2 Å². The number of H-pyrrole nitrogens is 1. The zero-order chi connectivity index (χ0) is 21.8. The molecule has 2 aromatic heterocycles. The standard InChI is InChI=1S/C22H22N4O3S2/c1-29-14-10-11-17-18(13-14)31-21(23-17)25-19(27)9-3-2-6-12-26-20(28)15-7-4-5-8-16(15)24-22(26)30/h4-5,7-8,10-11,13H,2-3,6,9,12H2,1H3,(H,24,30)(H,23,25,27). The molecule has 0 radical (unpaired) electrons. The van der Waals surface area contributed by atoms with Crippen molar-refractivity contribution in [2.45, 2.75) is 32.2 Å². The van der Waals surface area contributed by atoms with Crippen molar-refractivity contribution >= 4 is 55.7 Å². The second kappa shape index (κ2) is 9.40. The van der Waals surface area contributed by atoms with Gasteiger partial charge in [0.15, 0.2) is 9.90 Å². The molecule has 0 aliphatic rings. The van der Waals surface area contributed by atoms with Crippen molar-refractivity contribution in [3.05, 3.63) is 57.6 Å². The van der Waals surface area contributed by atoms with Crippen LogP contribution in [0.2, 0.25) is 0 Å². The van der Waals surface area contributed by atoms with Crippen molar-refractivity contribution in [3.63, 3.8) is 0 Å². The number of hydrogen-bond acceptors (Lipinski definition) is 6. The number of aromatic nitrogens is 3. The molecule has 0 aliphatic carbocycles. The van der Waals surface area contributed by atoms with Crippen molar-refractivity contribution in [2.75, 3.05) is 12.4 Å². The number of ether oxygens (including phenoxy) is 1. The van der Waals surface area contributed by atoms with Gasteiger partial charge in [-0.1, -0.05) is 29.9 Å². The first-order valence-corrected chi connectivity index (χ1v) is 11.2. The van der Waals surface area contributed by atoms with Gasteiger partial charge in [-0.25, -0.2) is 4.98 Å². The lowest BCUT2D eigenvalue weighted by atomic mass is 10.2. The Hall–Kier alpha value is -3.04. The van der Waals surface area contributed by atoms with Gasteiger partial charge < -0.3 is 15.0 Å². The van der Waals surface area contributed by atoms with Crippen LogP contribution in [0.4, 0.5) is 5.13 Å². The summed E-state index contributed by atoms with van der Waals surface area (Å²) in [5, 5.41) is 4.08. The number of benzene rings is 2. The average Bonchev–Trinajstić information content (AvgIpc) is 3.16. The molecule has 1 amide bonds. The highest BCUT2D eigenvalue weighted by molar-refractivity contribution is 7.71. The van der Waals surface area contributed by atoms with E-state index in [1.807, 2.05) is 36.4 Å². The molecular weight excluding hydrogens is 432 g/mol. The van der Waals surface area contributed by atoms with Crippen molar-refractivity contribution in [1.29, 1.82) is 0 Å². The molecule has 2 heterocycles. The van der Waals surface area contributed by atoms with Gasteiger partial charge in [0.05, 0.1) is 28.2 Å². The minimum absolute atomic E-state index is 0.0637. The normalized spacial score (nSPS) is 11.1. The summed E-state index contributed by atoms with van der Waals surface area (Å²) < 4.78 is 8.20.